The van der Waals surface area contributed by atoms with Crippen molar-refractivity contribution in [1.29, 1.82) is 0 Å². The first-order chi connectivity index (χ1) is 12.0. The molecular weight excluding hydrogens is 319 g/mol. The van der Waals surface area contributed by atoms with Crippen molar-refractivity contribution in [3.05, 3.63) is 35.6 Å². The summed E-state index contributed by atoms with van der Waals surface area (Å²) in [6.45, 7) is 4.98. The molecular formula is C20H27FN2O2. The lowest BCUT2D eigenvalue weighted by Gasteiger charge is -2.34. The second-order valence-corrected chi connectivity index (χ2v) is 7.37. The summed E-state index contributed by atoms with van der Waals surface area (Å²) in [6.07, 6.45) is 4.28. The van der Waals surface area contributed by atoms with Crippen LogP contribution in [0, 0.1) is 17.7 Å². The van der Waals surface area contributed by atoms with E-state index in [9.17, 15) is 14.0 Å². The average molecular weight is 346 g/mol. The van der Waals surface area contributed by atoms with Crippen LogP contribution in [0.2, 0.25) is 0 Å². The number of amides is 2. The van der Waals surface area contributed by atoms with E-state index < -0.39 is 0 Å². The molecule has 0 aromatic heterocycles. The van der Waals surface area contributed by atoms with Gasteiger partial charge in [0.1, 0.15) is 5.82 Å². The number of rotatable bonds is 4. The first kappa shape index (κ1) is 17.9. The maximum Gasteiger partial charge on any atom is 0.225 e. The summed E-state index contributed by atoms with van der Waals surface area (Å²) in [7, 11) is 0. The minimum Gasteiger partial charge on any atom is -0.342 e. The van der Waals surface area contributed by atoms with Crippen molar-refractivity contribution in [2.24, 2.45) is 11.8 Å². The van der Waals surface area contributed by atoms with Crippen molar-refractivity contribution in [2.45, 2.75) is 39.0 Å². The zero-order valence-corrected chi connectivity index (χ0v) is 14.9. The number of nitrogens with zero attached hydrogens (tertiary/aromatic N) is 2. The normalized spacial score (nSPS) is 19.9. The molecule has 2 fully saturated rings. The maximum atomic E-state index is 13.3. The molecule has 5 heteroatoms. The zero-order valence-electron chi connectivity index (χ0n) is 14.9. The molecule has 1 atom stereocenters. The Balaban J connectivity index is 1.49. The van der Waals surface area contributed by atoms with Crippen LogP contribution in [0.1, 0.15) is 38.2 Å². The summed E-state index contributed by atoms with van der Waals surface area (Å²) < 4.78 is 13.3. The van der Waals surface area contributed by atoms with Gasteiger partial charge in [0, 0.05) is 38.0 Å². The fourth-order valence-corrected chi connectivity index (χ4v) is 3.96. The van der Waals surface area contributed by atoms with E-state index >= 15 is 0 Å². The third-order valence-electron chi connectivity index (χ3n) is 5.43. The van der Waals surface area contributed by atoms with Gasteiger partial charge in [-0.15, -0.1) is 0 Å². The van der Waals surface area contributed by atoms with E-state index in [-0.39, 0.29) is 29.5 Å². The second kappa shape index (κ2) is 7.98. The molecule has 0 saturated carbocycles. The molecule has 136 valence electrons. The molecule has 0 aliphatic carbocycles. The van der Waals surface area contributed by atoms with E-state index in [1.807, 2.05) is 22.8 Å². The molecule has 1 aromatic carbocycles. The SMILES string of the molecule is C[C@@H](Cc1cccc(F)c1)C(=O)N1CCC(C(=O)N2CCCC2)CC1. The highest BCUT2D eigenvalue weighted by Gasteiger charge is 2.32. The summed E-state index contributed by atoms with van der Waals surface area (Å²) in [5, 5.41) is 0. The summed E-state index contributed by atoms with van der Waals surface area (Å²) in [4.78, 5) is 29.0. The topological polar surface area (TPSA) is 40.6 Å². The predicted molar refractivity (Wildman–Crippen MR) is 94.4 cm³/mol. The van der Waals surface area contributed by atoms with Gasteiger partial charge in [-0.1, -0.05) is 19.1 Å². The van der Waals surface area contributed by atoms with Crippen molar-refractivity contribution in [2.75, 3.05) is 26.2 Å². The van der Waals surface area contributed by atoms with E-state index in [2.05, 4.69) is 0 Å². The van der Waals surface area contributed by atoms with Gasteiger partial charge < -0.3 is 9.80 Å². The molecule has 0 radical (unpaired) electrons. The molecule has 2 aliphatic heterocycles. The summed E-state index contributed by atoms with van der Waals surface area (Å²) in [6, 6.07) is 6.44. The Morgan fingerprint density at radius 1 is 1.12 bits per heavy atom. The molecule has 0 N–H and O–H groups in total. The quantitative estimate of drug-likeness (QED) is 0.841. The summed E-state index contributed by atoms with van der Waals surface area (Å²) >= 11 is 0. The monoisotopic (exact) mass is 346 g/mol. The molecule has 2 aliphatic rings. The van der Waals surface area contributed by atoms with Crippen molar-refractivity contribution >= 4 is 11.8 Å². The first-order valence-corrected chi connectivity index (χ1v) is 9.36. The number of likely N-dealkylation sites (tertiary alicyclic amines) is 2. The third kappa shape index (κ3) is 4.39. The Morgan fingerprint density at radius 2 is 1.80 bits per heavy atom. The molecule has 4 nitrogen and oxygen atoms in total. The molecule has 2 heterocycles. The van der Waals surface area contributed by atoms with Crippen LogP contribution >= 0.6 is 0 Å². The fourth-order valence-electron chi connectivity index (χ4n) is 3.96. The van der Waals surface area contributed by atoms with E-state index in [4.69, 9.17) is 0 Å². The number of piperidine rings is 1. The minimum atomic E-state index is -0.265. The van der Waals surface area contributed by atoms with Gasteiger partial charge in [0.05, 0.1) is 0 Å². The smallest absolute Gasteiger partial charge is 0.225 e. The van der Waals surface area contributed by atoms with Gasteiger partial charge in [-0.2, -0.15) is 0 Å². The van der Waals surface area contributed by atoms with E-state index in [0.717, 1.165) is 44.3 Å². The number of halogens is 1. The van der Waals surface area contributed by atoms with Gasteiger partial charge in [0.2, 0.25) is 11.8 Å². The Bertz CT molecular complexity index is 620. The Hall–Kier alpha value is -1.91. The van der Waals surface area contributed by atoms with Crippen LogP contribution < -0.4 is 0 Å². The average Bonchev–Trinajstić information content (AvgIpc) is 3.15. The van der Waals surface area contributed by atoms with E-state index in [1.54, 1.807) is 6.07 Å². The standard InChI is InChI=1S/C20H27FN2O2/c1-15(13-16-5-4-6-18(21)14-16)19(24)23-11-7-17(8-12-23)20(25)22-9-2-3-10-22/h4-6,14-15,17H,2-3,7-13H2,1H3/t15-/m0/s1. The number of carbonyl (C=O) groups is 2. The van der Waals surface area contributed by atoms with Crippen LogP contribution in [0.15, 0.2) is 24.3 Å². The van der Waals surface area contributed by atoms with E-state index in [0.29, 0.717) is 19.5 Å². The predicted octanol–water partition coefficient (Wildman–Crippen LogP) is 2.87. The van der Waals surface area contributed by atoms with Gasteiger partial charge >= 0.3 is 0 Å². The lowest BCUT2D eigenvalue weighted by molar-refractivity contribution is -0.141. The molecule has 2 saturated heterocycles. The molecule has 0 unspecified atom stereocenters. The van der Waals surface area contributed by atoms with Crippen LogP contribution in [0.25, 0.3) is 0 Å². The van der Waals surface area contributed by atoms with Gasteiger partial charge in [0.15, 0.2) is 0 Å². The summed E-state index contributed by atoms with van der Waals surface area (Å²) in [5.74, 6) is 0.0143. The maximum absolute atomic E-state index is 13.3. The lowest BCUT2D eigenvalue weighted by atomic mass is 9.93. The molecule has 25 heavy (non-hydrogen) atoms. The van der Waals surface area contributed by atoms with E-state index in [1.165, 1.54) is 12.1 Å². The van der Waals surface area contributed by atoms with Gasteiger partial charge in [-0.25, -0.2) is 4.39 Å². The van der Waals surface area contributed by atoms with Crippen LogP contribution in [0.4, 0.5) is 4.39 Å². The van der Waals surface area contributed by atoms with Crippen LogP contribution in [0.5, 0.6) is 0 Å². The highest BCUT2D eigenvalue weighted by Crippen LogP contribution is 2.23. The zero-order chi connectivity index (χ0) is 17.8. The highest BCUT2D eigenvalue weighted by atomic mass is 19.1. The third-order valence-corrected chi connectivity index (χ3v) is 5.43. The molecule has 0 bridgehead atoms. The number of carbonyl (C=O) groups excluding carboxylic acids is 2. The lowest BCUT2D eigenvalue weighted by Crippen LogP contribution is -2.45. The number of hydrogen-bond donors (Lipinski definition) is 0. The Morgan fingerprint density at radius 3 is 2.44 bits per heavy atom. The number of hydrogen-bond acceptors (Lipinski definition) is 2. The van der Waals surface area contributed by atoms with Crippen molar-refractivity contribution in [1.82, 2.24) is 9.80 Å². The first-order valence-electron chi connectivity index (χ1n) is 9.36. The largest absolute Gasteiger partial charge is 0.342 e. The van der Waals surface area contributed by atoms with Crippen LogP contribution in [-0.2, 0) is 16.0 Å². The summed E-state index contributed by atoms with van der Waals surface area (Å²) in [5.41, 5.74) is 0.847. The molecule has 3 rings (SSSR count). The fraction of sp³-hybridized carbons (Fsp3) is 0.600. The van der Waals surface area contributed by atoms with Crippen molar-refractivity contribution in [3.8, 4) is 0 Å². The number of benzene rings is 1. The highest BCUT2D eigenvalue weighted by molar-refractivity contribution is 5.81. The van der Waals surface area contributed by atoms with Gasteiger partial charge in [0.25, 0.3) is 0 Å². The Kier molecular flexibility index (Phi) is 5.71. The van der Waals surface area contributed by atoms with Crippen LogP contribution in [0.3, 0.4) is 0 Å². The van der Waals surface area contributed by atoms with Gasteiger partial charge in [-0.05, 0) is 49.8 Å². The minimum absolute atomic E-state index is 0.0701. The molecule has 2 amide bonds. The Labute approximate surface area is 149 Å². The second-order valence-electron chi connectivity index (χ2n) is 7.37. The van der Waals surface area contributed by atoms with Crippen molar-refractivity contribution in [3.63, 3.8) is 0 Å². The van der Waals surface area contributed by atoms with Gasteiger partial charge in [-0.3, -0.25) is 9.59 Å². The van der Waals surface area contributed by atoms with Crippen LogP contribution in [-0.4, -0.2) is 47.8 Å². The molecule has 0 spiro atoms. The van der Waals surface area contributed by atoms with Crippen molar-refractivity contribution < 1.29 is 14.0 Å². The molecule has 1 aromatic rings.